The highest BCUT2D eigenvalue weighted by Crippen LogP contribution is 2.54. The van der Waals surface area contributed by atoms with E-state index >= 15 is 0 Å². The predicted molar refractivity (Wildman–Crippen MR) is 105 cm³/mol. The minimum atomic E-state index is -1.48. The van der Waals surface area contributed by atoms with Crippen LogP contribution in [0.4, 0.5) is 17.3 Å². The highest BCUT2D eigenvalue weighted by atomic mass is 16.5. The van der Waals surface area contributed by atoms with Crippen LogP contribution >= 0.6 is 0 Å². The van der Waals surface area contributed by atoms with Crippen molar-refractivity contribution in [1.82, 2.24) is 19.3 Å². The third-order valence-electron chi connectivity index (χ3n) is 5.82. The van der Waals surface area contributed by atoms with Gasteiger partial charge in [-0.05, 0) is 25.1 Å². The van der Waals surface area contributed by atoms with Crippen LogP contribution in [0.5, 0.6) is 5.75 Å². The van der Waals surface area contributed by atoms with Crippen LogP contribution in [0, 0.1) is 6.92 Å². The Labute approximate surface area is 164 Å². The molecule has 3 N–H and O–H groups in total. The largest absolute Gasteiger partial charge is 0.497 e. The smallest absolute Gasteiger partial charge is 0.332 e. The Balaban J connectivity index is 2.04. The van der Waals surface area contributed by atoms with Gasteiger partial charge in [0, 0.05) is 36.6 Å². The highest BCUT2D eigenvalue weighted by Gasteiger charge is 2.58. The minimum Gasteiger partial charge on any atom is -0.497 e. The SMILES string of the molecule is COc1ccc2c(c1)C1(C(=O)N2)c2c(n[nH]c2C)Nc2c1c(=O)n(C)c(=O)n2C. The van der Waals surface area contributed by atoms with Crippen molar-refractivity contribution in [3.8, 4) is 5.75 Å². The Hall–Kier alpha value is -3.82. The lowest BCUT2D eigenvalue weighted by Gasteiger charge is -2.35. The van der Waals surface area contributed by atoms with E-state index in [1.807, 2.05) is 0 Å². The van der Waals surface area contributed by atoms with Gasteiger partial charge in [-0.25, -0.2) is 4.79 Å². The summed E-state index contributed by atoms with van der Waals surface area (Å²) in [5, 5.41) is 13.1. The van der Waals surface area contributed by atoms with E-state index in [1.54, 1.807) is 32.2 Å². The average Bonchev–Trinajstić information content (AvgIpc) is 3.22. The molecular weight excluding hydrogens is 376 g/mol. The molecule has 1 unspecified atom stereocenters. The van der Waals surface area contributed by atoms with Gasteiger partial charge < -0.3 is 15.4 Å². The number of rotatable bonds is 1. The standard InChI is InChI=1S/C19H18N6O4/c1-8-12-14(23-22-8)21-15-13(16(26)25(3)18(28)24(15)2)19(12)10-7-9(29-4)5-6-11(10)20-17(19)27/h5-7H,1-4H3,(H,20,27)(H2,21,22,23). The first-order valence-corrected chi connectivity index (χ1v) is 8.95. The summed E-state index contributed by atoms with van der Waals surface area (Å²) in [5.41, 5.74) is -0.0213. The molecule has 148 valence electrons. The number of aromatic nitrogens is 4. The van der Waals surface area contributed by atoms with Gasteiger partial charge in [0.2, 0.25) is 5.91 Å². The van der Waals surface area contributed by atoms with Crippen LogP contribution in [0.2, 0.25) is 0 Å². The number of methoxy groups -OCH3 is 1. The number of nitrogens with one attached hydrogen (secondary N) is 3. The van der Waals surface area contributed by atoms with Gasteiger partial charge in [0.1, 0.15) is 17.0 Å². The number of aromatic amines is 1. The zero-order chi connectivity index (χ0) is 20.7. The summed E-state index contributed by atoms with van der Waals surface area (Å²) in [6.07, 6.45) is 0. The van der Waals surface area contributed by atoms with Gasteiger partial charge in [0.15, 0.2) is 5.82 Å². The molecule has 0 aliphatic carbocycles. The lowest BCUT2D eigenvalue weighted by molar-refractivity contribution is -0.118. The van der Waals surface area contributed by atoms with E-state index < -0.39 is 16.7 Å². The second kappa shape index (κ2) is 5.37. The van der Waals surface area contributed by atoms with Gasteiger partial charge in [0.05, 0.1) is 12.7 Å². The maximum atomic E-state index is 13.6. The molecule has 1 spiro atoms. The number of aryl methyl sites for hydroxylation is 1. The number of amides is 1. The van der Waals surface area contributed by atoms with Gasteiger partial charge in [0.25, 0.3) is 5.56 Å². The summed E-state index contributed by atoms with van der Waals surface area (Å²) in [5.74, 6) is 0.793. The molecule has 1 aromatic carbocycles. The fourth-order valence-electron chi connectivity index (χ4n) is 4.45. The topological polar surface area (TPSA) is 123 Å². The maximum absolute atomic E-state index is 13.6. The number of hydrogen-bond donors (Lipinski definition) is 3. The molecule has 1 atom stereocenters. The third kappa shape index (κ3) is 1.85. The van der Waals surface area contributed by atoms with Crippen molar-refractivity contribution < 1.29 is 9.53 Å². The number of fused-ring (bicyclic) bond motifs is 6. The average molecular weight is 394 g/mol. The molecule has 1 amide bonds. The Morgan fingerprint density at radius 3 is 2.55 bits per heavy atom. The number of carbonyl (C=O) groups excluding carboxylic acids is 1. The molecule has 0 saturated heterocycles. The van der Waals surface area contributed by atoms with E-state index in [0.717, 1.165) is 4.57 Å². The van der Waals surface area contributed by atoms with E-state index in [9.17, 15) is 14.4 Å². The second-order valence-corrected chi connectivity index (χ2v) is 7.24. The molecule has 3 aromatic rings. The summed E-state index contributed by atoms with van der Waals surface area (Å²) >= 11 is 0. The summed E-state index contributed by atoms with van der Waals surface area (Å²) in [4.78, 5) is 39.5. The normalized spacial score (nSPS) is 18.7. The van der Waals surface area contributed by atoms with E-state index in [4.69, 9.17) is 4.74 Å². The summed E-state index contributed by atoms with van der Waals surface area (Å²) in [7, 11) is 4.48. The molecular formula is C19H18N6O4. The number of anilines is 3. The van der Waals surface area contributed by atoms with Crippen LogP contribution in [0.15, 0.2) is 27.8 Å². The Kier molecular flexibility index (Phi) is 3.20. The van der Waals surface area contributed by atoms with Crippen molar-refractivity contribution in [2.45, 2.75) is 12.3 Å². The molecule has 0 radical (unpaired) electrons. The van der Waals surface area contributed by atoms with Crippen LogP contribution in [0.1, 0.15) is 22.4 Å². The van der Waals surface area contributed by atoms with Gasteiger partial charge in [-0.15, -0.1) is 0 Å². The summed E-state index contributed by atoms with van der Waals surface area (Å²) < 4.78 is 7.70. The number of ether oxygens (including phenoxy) is 1. The first-order valence-electron chi connectivity index (χ1n) is 8.95. The molecule has 2 aromatic heterocycles. The monoisotopic (exact) mass is 394 g/mol. The van der Waals surface area contributed by atoms with Gasteiger partial charge >= 0.3 is 5.69 Å². The molecule has 5 rings (SSSR count). The molecule has 0 saturated carbocycles. The molecule has 2 aliphatic rings. The number of carbonyl (C=O) groups is 1. The van der Waals surface area contributed by atoms with Gasteiger partial charge in [-0.1, -0.05) is 0 Å². The highest BCUT2D eigenvalue weighted by molar-refractivity contribution is 6.14. The first-order chi connectivity index (χ1) is 13.8. The molecule has 10 nitrogen and oxygen atoms in total. The summed E-state index contributed by atoms with van der Waals surface area (Å²) in [6, 6.07) is 5.22. The van der Waals surface area contributed by atoms with Crippen LogP contribution in [-0.2, 0) is 24.3 Å². The zero-order valence-electron chi connectivity index (χ0n) is 16.2. The van der Waals surface area contributed by atoms with Crippen LogP contribution < -0.4 is 26.6 Å². The number of H-pyrrole nitrogens is 1. The zero-order valence-corrected chi connectivity index (χ0v) is 16.2. The molecule has 0 fully saturated rings. The fourth-order valence-corrected chi connectivity index (χ4v) is 4.45. The van der Waals surface area contributed by atoms with Crippen molar-refractivity contribution in [2.75, 3.05) is 17.7 Å². The lowest BCUT2D eigenvalue weighted by atomic mass is 9.68. The quantitative estimate of drug-likeness (QED) is 0.551. The molecule has 4 heterocycles. The van der Waals surface area contributed by atoms with E-state index in [1.165, 1.54) is 18.7 Å². The number of nitrogens with zero attached hydrogens (tertiary/aromatic N) is 3. The second-order valence-electron chi connectivity index (χ2n) is 7.24. The maximum Gasteiger partial charge on any atom is 0.332 e. The molecule has 10 heteroatoms. The molecule has 2 aliphatic heterocycles. The molecule has 0 bridgehead atoms. The van der Waals surface area contributed by atoms with E-state index in [2.05, 4.69) is 20.8 Å². The fraction of sp³-hybridized carbons (Fsp3) is 0.263. The van der Waals surface area contributed by atoms with E-state index in [-0.39, 0.29) is 17.3 Å². The van der Waals surface area contributed by atoms with Crippen LogP contribution in [0.3, 0.4) is 0 Å². The van der Waals surface area contributed by atoms with Crippen molar-refractivity contribution in [3.05, 3.63) is 61.4 Å². The first kappa shape index (κ1) is 17.3. The van der Waals surface area contributed by atoms with Crippen molar-refractivity contribution in [2.24, 2.45) is 14.1 Å². The predicted octanol–water partition coefficient (Wildman–Crippen LogP) is 0.468. The van der Waals surface area contributed by atoms with Crippen molar-refractivity contribution >= 4 is 23.2 Å². The van der Waals surface area contributed by atoms with Crippen LogP contribution in [-0.4, -0.2) is 32.3 Å². The van der Waals surface area contributed by atoms with Crippen molar-refractivity contribution in [3.63, 3.8) is 0 Å². The molecule has 29 heavy (non-hydrogen) atoms. The Morgan fingerprint density at radius 2 is 1.83 bits per heavy atom. The number of hydrogen-bond acceptors (Lipinski definition) is 6. The van der Waals surface area contributed by atoms with Crippen LogP contribution in [0.25, 0.3) is 0 Å². The van der Waals surface area contributed by atoms with E-state index in [0.29, 0.717) is 34.1 Å². The van der Waals surface area contributed by atoms with Gasteiger partial charge in [-0.3, -0.25) is 23.8 Å². The van der Waals surface area contributed by atoms with Gasteiger partial charge in [-0.2, -0.15) is 5.10 Å². The van der Waals surface area contributed by atoms with Crippen molar-refractivity contribution in [1.29, 1.82) is 0 Å². The number of benzene rings is 1. The minimum absolute atomic E-state index is 0.170. The Bertz CT molecular complexity index is 1350. The summed E-state index contributed by atoms with van der Waals surface area (Å²) in [6.45, 7) is 1.79. The third-order valence-corrected chi connectivity index (χ3v) is 5.82. The Morgan fingerprint density at radius 1 is 1.07 bits per heavy atom. The lowest BCUT2D eigenvalue weighted by Crippen LogP contribution is -2.50.